The number of carbonyl (C=O) groups is 1. The summed E-state index contributed by atoms with van der Waals surface area (Å²) in [4.78, 5) is 10.9. The molecule has 2 atom stereocenters. The van der Waals surface area contributed by atoms with Crippen LogP contribution in [0.3, 0.4) is 0 Å². The van der Waals surface area contributed by atoms with Gasteiger partial charge in [0.15, 0.2) is 8.32 Å². The number of amides is 1. The maximum Gasteiger partial charge on any atom is 0.220 e. The molecule has 0 spiro atoms. The van der Waals surface area contributed by atoms with Crippen LogP contribution in [-0.2, 0) is 9.22 Å². The minimum Gasteiger partial charge on any atom is -0.417 e. The largest absolute Gasteiger partial charge is 0.417 e. The fourth-order valence-corrected chi connectivity index (χ4v) is 2.66. The van der Waals surface area contributed by atoms with Gasteiger partial charge < -0.3 is 10.2 Å². The van der Waals surface area contributed by atoms with Gasteiger partial charge in [-0.2, -0.15) is 0 Å². The standard InChI is InChI=1S/C12H25NO2Si/c1-12(2,3)16(4,5)15-7-6-9-8-10(9)11(13)14/h9-10H,6-8H2,1-5H3,(H2,13,14)/t9-,10-/m1/s1. The first-order chi connectivity index (χ1) is 7.15. The van der Waals surface area contributed by atoms with E-state index >= 15 is 0 Å². The second-order valence-electron chi connectivity index (χ2n) is 6.40. The van der Waals surface area contributed by atoms with E-state index in [1.165, 1.54) is 0 Å². The summed E-state index contributed by atoms with van der Waals surface area (Å²) in [6, 6.07) is 0. The first-order valence-electron chi connectivity index (χ1n) is 6.08. The Balaban J connectivity index is 2.24. The molecule has 4 heteroatoms. The molecule has 0 aromatic carbocycles. The molecule has 1 amide bonds. The summed E-state index contributed by atoms with van der Waals surface area (Å²) in [5, 5.41) is 0.264. The highest BCUT2D eigenvalue weighted by molar-refractivity contribution is 6.74. The van der Waals surface area contributed by atoms with Crippen molar-refractivity contribution in [3.8, 4) is 0 Å². The van der Waals surface area contributed by atoms with Crippen LogP contribution in [0.2, 0.25) is 18.1 Å². The number of nitrogens with two attached hydrogens (primary N) is 1. The highest BCUT2D eigenvalue weighted by Gasteiger charge is 2.42. The minimum atomic E-state index is -1.61. The van der Waals surface area contributed by atoms with Gasteiger partial charge in [-0.3, -0.25) is 4.79 Å². The molecule has 0 radical (unpaired) electrons. The summed E-state index contributed by atoms with van der Waals surface area (Å²) in [6.45, 7) is 12.0. The lowest BCUT2D eigenvalue weighted by Crippen LogP contribution is -2.41. The van der Waals surface area contributed by atoms with Gasteiger partial charge in [-0.15, -0.1) is 0 Å². The summed E-state index contributed by atoms with van der Waals surface area (Å²) in [5.41, 5.74) is 5.24. The van der Waals surface area contributed by atoms with E-state index in [9.17, 15) is 4.79 Å². The van der Waals surface area contributed by atoms with Crippen LogP contribution in [-0.4, -0.2) is 20.8 Å². The number of primary amides is 1. The Kier molecular flexibility index (Phi) is 3.85. The fourth-order valence-electron chi connectivity index (χ4n) is 1.60. The van der Waals surface area contributed by atoms with Gasteiger partial charge >= 0.3 is 0 Å². The lowest BCUT2D eigenvalue weighted by molar-refractivity contribution is -0.119. The van der Waals surface area contributed by atoms with Crippen molar-refractivity contribution in [1.29, 1.82) is 0 Å². The molecule has 94 valence electrons. The monoisotopic (exact) mass is 243 g/mol. The van der Waals surface area contributed by atoms with Gasteiger partial charge in [0.1, 0.15) is 0 Å². The van der Waals surface area contributed by atoms with Crippen LogP contribution in [0.4, 0.5) is 0 Å². The van der Waals surface area contributed by atoms with Crippen molar-refractivity contribution >= 4 is 14.2 Å². The fraction of sp³-hybridized carbons (Fsp3) is 0.917. The molecule has 0 heterocycles. The zero-order chi connectivity index (χ0) is 12.6. The van der Waals surface area contributed by atoms with Crippen LogP contribution >= 0.6 is 0 Å². The van der Waals surface area contributed by atoms with E-state index in [1.54, 1.807) is 0 Å². The Bertz CT molecular complexity index is 271. The Morgan fingerprint density at radius 3 is 2.38 bits per heavy atom. The summed E-state index contributed by atoms with van der Waals surface area (Å²) >= 11 is 0. The number of hydrogen-bond acceptors (Lipinski definition) is 2. The first kappa shape index (κ1) is 13.7. The van der Waals surface area contributed by atoms with Gasteiger partial charge in [0.25, 0.3) is 0 Å². The molecule has 1 saturated carbocycles. The van der Waals surface area contributed by atoms with E-state index in [0.717, 1.165) is 19.4 Å². The smallest absolute Gasteiger partial charge is 0.220 e. The molecule has 3 nitrogen and oxygen atoms in total. The molecule has 1 aliphatic rings. The SMILES string of the molecule is CC(C)(C)[Si](C)(C)OCC[C@@H]1C[C@H]1C(N)=O. The Hall–Kier alpha value is -0.353. The predicted molar refractivity (Wildman–Crippen MR) is 68.6 cm³/mol. The van der Waals surface area contributed by atoms with Crippen LogP contribution < -0.4 is 5.73 Å². The van der Waals surface area contributed by atoms with Crippen LogP contribution in [0, 0.1) is 11.8 Å². The van der Waals surface area contributed by atoms with Crippen LogP contribution in [0.25, 0.3) is 0 Å². The van der Waals surface area contributed by atoms with Crippen molar-refractivity contribution < 1.29 is 9.22 Å². The molecule has 1 fully saturated rings. The van der Waals surface area contributed by atoms with Gasteiger partial charge in [-0.1, -0.05) is 20.8 Å². The average molecular weight is 243 g/mol. The van der Waals surface area contributed by atoms with Gasteiger partial charge in [-0.25, -0.2) is 0 Å². The minimum absolute atomic E-state index is 0.128. The second kappa shape index (κ2) is 4.49. The summed E-state index contributed by atoms with van der Waals surface area (Å²) in [5.74, 6) is 0.475. The summed E-state index contributed by atoms with van der Waals surface area (Å²) < 4.78 is 6.06. The van der Waals surface area contributed by atoms with E-state index in [2.05, 4.69) is 33.9 Å². The third kappa shape index (κ3) is 3.32. The van der Waals surface area contributed by atoms with Crippen molar-refractivity contribution in [2.24, 2.45) is 17.6 Å². The lowest BCUT2D eigenvalue weighted by atomic mass is 10.2. The molecule has 0 saturated heterocycles. The number of hydrogen-bond donors (Lipinski definition) is 1. The molecular weight excluding hydrogens is 218 g/mol. The topological polar surface area (TPSA) is 52.3 Å². The molecule has 0 unspecified atom stereocenters. The average Bonchev–Trinajstić information content (AvgIpc) is 2.81. The highest BCUT2D eigenvalue weighted by atomic mass is 28.4. The molecule has 0 aromatic heterocycles. The van der Waals surface area contributed by atoms with Crippen molar-refractivity contribution in [1.82, 2.24) is 0 Å². The number of carbonyl (C=O) groups excluding carboxylic acids is 1. The van der Waals surface area contributed by atoms with E-state index in [4.69, 9.17) is 10.2 Å². The number of rotatable bonds is 5. The highest BCUT2D eigenvalue weighted by Crippen LogP contribution is 2.42. The van der Waals surface area contributed by atoms with E-state index < -0.39 is 8.32 Å². The zero-order valence-corrected chi connectivity index (χ0v) is 12.2. The van der Waals surface area contributed by atoms with Crippen LogP contribution in [0.15, 0.2) is 0 Å². The third-order valence-corrected chi connectivity index (χ3v) is 8.58. The first-order valence-corrected chi connectivity index (χ1v) is 8.99. The third-order valence-electron chi connectivity index (χ3n) is 4.05. The molecule has 2 N–H and O–H groups in total. The zero-order valence-electron chi connectivity index (χ0n) is 11.2. The van der Waals surface area contributed by atoms with E-state index in [0.29, 0.717) is 5.92 Å². The molecule has 1 aliphatic carbocycles. The lowest BCUT2D eigenvalue weighted by Gasteiger charge is -2.36. The van der Waals surface area contributed by atoms with E-state index in [-0.39, 0.29) is 16.9 Å². The Morgan fingerprint density at radius 2 is 2.00 bits per heavy atom. The predicted octanol–water partition coefficient (Wildman–Crippen LogP) is 2.52. The maximum atomic E-state index is 10.9. The van der Waals surface area contributed by atoms with Gasteiger partial charge in [0, 0.05) is 12.5 Å². The van der Waals surface area contributed by atoms with Crippen LogP contribution in [0.5, 0.6) is 0 Å². The normalized spacial score (nSPS) is 25.6. The van der Waals surface area contributed by atoms with E-state index in [1.807, 2.05) is 0 Å². The Labute approximate surface area is 99.9 Å². The van der Waals surface area contributed by atoms with Gasteiger partial charge in [-0.05, 0) is 36.9 Å². The quantitative estimate of drug-likeness (QED) is 0.754. The molecule has 0 aromatic rings. The van der Waals surface area contributed by atoms with Crippen molar-refractivity contribution in [2.45, 2.75) is 51.7 Å². The van der Waals surface area contributed by atoms with Crippen molar-refractivity contribution in [3.05, 3.63) is 0 Å². The molecule has 16 heavy (non-hydrogen) atoms. The molecule has 1 rings (SSSR count). The van der Waals surface area contributed by atoms with Gasteiger partial charge in [0.2, 0.25) is 5.91 Å². The van der Waals surface area contributed by atoms with Crippen molar-refractivity contribution in [3.63, 3.8) is 0 Å². The molecule has 0 bridgehead atoms. The van der Waals surface area contributed by atoms with Crippen molar-refractivity contribution in [2.75, 3.05) is 6.61 Å². The Morgan fingerprint density at radius 1 is 1.44 bits per heavy atom. The summed E-state index contributed by atoms with van der Waals surface area (Å²) in [7, 11) is -1.61. The molecular formula is C12H25NO2Si. The van der Waals surface area contributed by atoms with Gasteiger partial charge in [0.05, 0.1) is 0 Å². The second-order valence-corrected chi connectivity index (χ2v) is 11.2. The van der Waals surface area contributed by atoms with Crippen LogP contribution in [0.1, 0.15) is 33.6 Å². The molecule has 0 aliphatic heterocycles. The summed E-state index contributed by atoms with van der Waals surface area (Å²) in [6.07, 6.45) is 1.95. The maximum absolute atomic E-state index is 10.9.